The molecule has 7 nitrogen and oxygen atoms in total. The van der Waals surface area contributed by atoms with Gasteiger partial charge in [-0.15, -0.1) is 11.3 Å². The maximum atomic E-state index is 13.6. The van der Waals surface area contributed by atoms with Crippen molar-refractivity contribution in [2.45, 2.75) is 26.7 Å². The molecule has 5 rings (SSSR count). The van der Waals surface area contributed by atoms with Crippen LogP contribution in [0.25, 0.3) is 15.9 Å². The average molecular weight is 489 g/mol. The van der Waals surface area contributed by atoms with Gasteiger partial charge in [-0.05, 0) is 73.5 Å². The molecule has 8 heteroatoms. The number of carbonyl (C=O) groups excluding carboxylic acids is 1. The zero-order valence-corrected chi connectivity index (χ0v) is 20.9. The monoisotopic (exact) mass is 488 g/mol. The van der Waals surface area contributed by atoms with E-state index in [1.165, 1.54) is 11.3 Å². The molecule has 0 saturated carbocycles. The van der Waals surface area contributed by atoms with Crippen LogP contribution in [0.5, 0.6) is 5.75 Å². The van der Waals surface area contributed by atoms with Crippen molar-refractivity contribution in [3.63, 3.8) is 0 Å². The third-order valence-electron chi connectivity index (χ3n) is 6.34. The quantitative estimate of drug-likeness (QED) is 0.431. The molecule has 1 N–H and O–H groups in total. The van der Waals surface area contributed by atoms with Gasteiger partial charge in [0, 0.05) is 24.8 Å². The number of hydrogen-bond donors (Lipinski definition) is 1. The van der Waals surface area contributed by atoms with Crippen LogP contribution in [0.1, 0.15) is 24.0 Å². The van der Waals surface area contributed by atoms with E-state index in [-0.39, 0.29) is 17.4 Å². The van der Waals surface area contributed by atoms with E-state index in [9.17, 15) is 9.59 Å². The summed E-state index contributed by atoms with van der Waals surface area (Å²) < 4.78 is 7.65. The number of piperidine rings is 1. The molecule has 35 heavy (non-hydrogen) atoms. The van der Waals surface area contributed by atoms with Crippen LogP contribution in [0, 0.1) is 19.8 Å². The number of methoxy groups -OCH3 is 1. The van der Waals surface area contributed by atoms with Gasteiger partial charge in [0.05, 0.1) is 24.2 Å². The Kier molecular flexibility index (Phi) is 6.30. The van der Waals surface area contributed by atoms with Crippen molar-refractivity contribution >= 4 is 39.1 Å². The maximum Gasteiger partial charge on any atom is 0.277 e. The van der Waals surface area contributed by atoms with Crippen molar-refractivity contribution in [3.05, 3.63) is 75.4 Å². The molecule has 0 bridgehead atoms. The Hall–Kier alpha value is -3.65. The van der Waals surface area contributed by atoms with Gasteiger partial charge in [0.2, 0.25) is 11.9 Å². The van der Waals surface area contributed by atoms with Gasteiger partial charge in [0.1, 0.15) is 10.4 Å². The van der Waals surface area contributed by atoms with E-state index in [1.807, 2.05) is 61.7 Å². The molecule has 0 aliphatic carbocycles. The summed E-state index contributed by atoms with van der Waals surface area (Å²) in [6.45, 7) is 5.26. The van der Waals surface area contributed by atoms with Crippen LogP contribution >= 0.6 is 11.3 Å². The zero-order chi connectivity index (χ0) is 24.5. The third kappa shape index (κ3) is 4.66. The summed E-state index contributed by atoms with van der Waals surface area (Å²) in [5.41, 5.74) is 4.29. The maximum absolute atomic E-state index is 13.6. The number of anilines is 2. The van der Waals surface area contributed by atoms with Gasteiger partial charge < -0.3 is 15.0 Å². The van der Waals surface area contributed by atoms with Crippen LogP contribution in [-0.2, 0) is 4.79 Å². The minimum atomic E-state index is -0.210. The smallest absolute Gasteiger partial charge is 0.277 e. The third-order valence-corrected chi connectivity index (χ3v) is 7.23. The van der Waals surface area contributed by atoms with E-state index >= 15 is 0 Å². The number of rotatable bonds is 5. The fraction of sp³-hybridized carbons (Fsp3) is 0.296. The summed E-state index contributed by atoms with van der Waals surface area (Å²) in [5.74, 6) is 0.999. The first-order valence-corrected chi connectivity index (χ1v) is 12.6. The van der Waals surface area contributed by atoms with Gasteiger partial charge in [-0.3, -0.25) is 9.59 Å². The van der Waals surface area contributed by atoms with Crippen LogP contribution in [0.2, 0.25) is 0 Å². The van der Waals surface area contributed by atoms with Crippen molar-refractivity contribution in [2.24, 2.45) is 5.92 Å². The molecule has 0 unspecified atom stereocenters. The van der Waals surface area contributed by atoms with E-state index in [0.29, 0.717) is 34.1 Å². The SMILES string of the molecule is COc1cccc(-n2c(N3CCC[C@@H](C(=O)Nc4cc(C)cc(C)c4)C3)nc3ccsc3c2=O)c1. The molecule has 2 aromatic heterocycles. The van der Waals surface area contributed by atoms with Crippen molar-refractivity contribution in [1.29, 1.82) is 0 Å². The molecule has 1 atom stereocenters. The Morgan fingerprint density at radius 3 is 2.71 bits per heavy atom. The molecular formula is C27H28N4O3S. The fourth-order valence-electron chi connectivity index (χ4n) is 4.76. The molecule has 4 aromatic rings. The van der Waals surface area contributed by atoms with Gasteiger partial charge in [-0.1, -0.05) is 12.1 Å². The molecule has 1 amide bonds. The highest BCUT2D eigenvalue weighted by Gasteiger charge is 2.29. The second-order valence-electron chi connectivity index (χ2n) is 9.04. The summed E-state index contributed by atoms with van der Waals surface area (Å²) >= 11 is 1.39. The first-order valence-electron chi connectivity index (χ1n) is 11.7. The Bertz CT molecular complexity index is 1440. The summed E-state index contributed by atoms with van der Waals surface area (Å²) in [6.07, 6.45) is 1.62. The molecule has 180 valence electrons. The second-order valence-corrected chi connectivity index (χ2v) is 9.96. The number of nitrogens with one attached hydrogen (secondary N) is 1. The lowest BCUT2D eigenvalue weighted by Gasteiger charge is -2.34. The van der Waals surface area contributed by atoms with Crippen LogP contribution in [0.3, 0.4) is 0 Å². The van der Waals surface area contributed by atoms with Gasteiger partial charge in [0.15, 0.2) is 0 Å². The second kappa shape index (κ2) is 9.54. The van der Waals surface area contributed by atoms with Crippen LogP contribution in [-0.4, -0.2) is 35.7 Å². The molecule has 1 aliphatic rings. The fourth-order valence-corrected chi connectivity index (χ4v) is 5.52. The van der Waals surface area contributed by atoms with E-state index < -0.39 is 0 Å². The lowest BCUT2D eigenvalue weighted by Crippen LogP contribution is -2.43. The molecule has 0 radical (unpaired) electrons. The number of benzene rings is 2. The van der Waals surface area contributed by atoms with E-state index in [1.54, 1.807) is 11.7 Å². The van der Waals surface area contributed by atoms with Crippen LogP contribution < -0.4 is 20.5 Å². The number of nitrogens with zero attached hydrogens (tertiary/aromatic N) is 3. The highest BCUT2D eigenvalue weighted by Crippen LogP contribution is 2.28. The number of carbonyl (C=O) groups is 1. The van der Waals surface area contributed by atoms with E-state index in [2.05, 4.69) is 16.3 Å². The van der Waals surface area contributed by atoms with E-state index in [0.717, 1.165) is 36.2 Å². The molecule has 1 fully saturated rings. The van der Waals surface area contributed by atoms with Gasteiger partial charge >= 0.3 is 0 Å². The van der Waals surface area contributed by atoms with Crippen LogP contribution in [0.15, 0.2) is 58.7 Å². The number of thiophene rings is 1. The van der Waals surface area contributed by atoms with Gasteiger partial charge in [-0.2, -0.15) is 0 Å². The average Bonchev–Trinajstić information content (AvgIpc) is 3.32. The topological polar surface area (TPSA) is 76.5 Å². The number of aryl methyl sites for hydroxylation is 2. The number of ether oxygens (including phenoxy) is 1. The largest absolute Gasteiger partial charge is 0.497 e. The summed E-state index contributed by atoms with van der Waals surface area (Å²) in [5, 5.41) is 4.98. The Labute approximate surface area is 208 Å². The molecular weight excluding hydrogens is 460 g/mol. The minimum Gasteiger partial charge on any atom is -0.497 e. The summed E-state index contributed by atoms with van der Waals surface area (Å²) in [7, 11) is 1.60. The Balaban J connectivity index is 1.49. The predicted octanol–water partition coefficient (Wildman–Crippen LogP) is 4.93. The lowest BCUT2D eigenvalue weighted by molar-refractivity contribution is -0.120. The first-order chi connectivity index (χ1) is 16.9. The minimum absolute atomic E-state index is 0.00779. The van der Waals surface area contributed by atoms with Gasteiger partial charge in [-0.25, -0.2) is 9.55 Å². The predicted molar refractivity (Wildman–Crippen MR) is 141 cm³/mol. The van der Waals surface area contributed by atoms with Crippen LogP contribution in [0.4, 0.5) is 11.6 Å². The van der Waals surface area contributed by atoms with Crippen molar-refractivity contribution < 1.29 is 9.53 Å². The number of amides is 1. The molecule has 1 aliphatic heterocycles. The zero-order valence-electron chi connectivity index (χ0n) is 20.1. The summed E-state index contributed by atoms with van der Waals surface area (Å²) in [6, 6.07) is 15.3. The van der Waals surface area contributed by atoms with Gasteiger partial charge in [0.25, 0.3) is 5.56 Å². The normalized spacial score (nSPS) is 15.9. The highest BCUT2D eigenvalue weighted by molar-refractivity contribution is 7.17. The van der Waals surface area contributed by atoms with E-state index in [4.69, 9.17) is 9.72 Å². The molecule has 0 spiro atoms. The Morgan fingerprint density at radius 1 is 1.14 bits per heavy atom. The number of aromatic nitrogens is 2. The lowest BCUT2D eigenvalue weighted by atomic mass is 9.97. The number of hydrogen-bond acceptors (Lipinski definition) is 6. The number of fused-ring (bicyclic) bond motifs is 1. The Morgan fingerprint density at radius 2 is 1.94 bits per heavy atom. The molecule has 2 aromatic carbocycles. The van der Waals surface area contributed by atoms with Crippen molar-refractivity contribution in [3.8, 4) is 11.4 Å². The standard InChI is InChI=1S/C27H28N4O3S/c1-17-12-18(2)14-20(13-17)28-25(32)19-6-5-10-30(16-19)27-29-23-9-11-35-24(23)26(33)31(27)21-7-4-8-22(15-21)34-3/h4,7-9,11-15,19H,5-6,10,16H2,1-3H3,(H,28,32)/t19-/m1/s1. The van der Waals surface area contributed by atoms with Crippen molar-refractivity contribution in [1.82, 2.24) is 9.55 Å². The molecule has 1 saturated heterocycles. The summed E-state index contributed by atoms with van der Waals surface area (Å²) in [4.78, 5) is 33.7. The highest BCUT2D eigenvalue weighted by atomic mass is 32.1. The first kappa shape index (κ1) is 23.1. The van der Waals surface area contributed by atoms with Crippen molar-refractivity contribution in [2.75, 3.05) is 30.4 Å². The molecule has 3 heterocycles.